The first-order chi connectivity index (χ1) is 10.4. The molecule has 0 aliphatic heterocycles. The van der Waals surface area contributed by atoms with Crippen LogP contribution in [0.2, 0.25) is 0 Å². The topological polar surface area (TPSA) is 89.3 Å². The van der Waals surface area contributed by atoms with Gasteiger partial charge in [-0.2, -0.15) is 0 Å². The van der Waals surface area contributed by atoms with Crippen LogP contribution in [0.25, 0.3) is 0 Å². The molecule has 0 amide bonds. The molecule has 0 fully saturated rings. The van der Waals surface area contributed by atoms with E-state index < -0.39 is 20.6 Å². The van der Waals surface area contributed by atoms with E-state index in [2.05, 4.69) is 4.72 Å². The van der Waals surface area contributed by atoms with E-state index in [9.17, 15) is 22.9 Å². The van der Waals surface area contributed by atoms with E-state index in [0.29, 0.717) is 6.42 Å². The van der Waals surface area contributed by atoms with Crippen molar-refractivity contribution < 1.29 is 17.7 Å². The second kappa shape index (κ2) is 6.63. The van der Waals surface area contributed by atoms with Crippen molar-refractivity contribution in [2.75, 3.05) is 6.54 Å². The third kappa shape index (κ3) is 3.86. The number of sulfonamides is 1. The number of nitrogens with zero attached hydrogens (tertiary/aromatic N) is 1. The number of para-hydroxylation sites is 1. The van der Waals surface area contributed by atoms with E-state index in [1.54, 1.807) is 12.1 Å². The van der Waals surface area contributed by atoms with Crippen LogP contribution in [0.1, 0.15) is 5.56 Å². The standard InChI is InChI=1S/C14H13FN2O4S/c15-12-7-5-11(6-8-12)9-10-16-22(20,21)14-4-2-1-3-13(14)17(18)19/h1-8,16H,9-10H2. The number of hydrogen-bond acceptors (Lipinski definition) is 4. The predicted octanol–water partition coefficient (Wildman–Crippen LogP) is 2.25. The van der Waals surface area contributed by atoms with E-state index in [-0.39, 0.29) is 17.3 Å². The first kappa shape index (κ1) is 16.1. The molecule has 0 aliphatic carbocycles. The summed E-state index contributed by atoms with van der Waals surface area (Å²) < 4.78 is 39.3. The summed E-state index contributed by atoms with van der Waals surface area (Å²) >= 11 is 0. The normalized spacial score (nSPS) is 11.3. The SMILES string of the molecule is O=[N+]([O-])c1ccccc1S(=O)(=O)NCCc1ccc(F)cc1. The maximum absolute atomic E-state index is 12.8. The molecule has 2 rings (SSSR count). The summed E-state index contributed by atoms with van der Waals surface area (Å²) in [7, 11) is -3.98. The number of nitro groups is 1. The van der Waals surface area contributed by atoms with Crippen molar-refractivity contribution in [3.05, 3.63) is 70.0 Å². The molecule has 116 valence electrons. The zero-order valence-electron chi connectivity index (χ0n) is 11.4. The minimum absolute atomic E-state index is 0.0556. The van der Waals surface area contributed by atoms with Gasteiger partial charge in [0.25, 0.3) is 5.69 Å². The predicted molar refractivity (Wildman–Crippen MR) is 78.4 cm³/mol. The lowest BCUT2D eigenvalue weighted by molar-refractivity contribution is -0.387. The minimum Gasteiger partial charge on any atom is -0.258 e. The highest BCUT2D eigenvalue weighted by molar-refractivity contribution is 7.89. The average Bonchev–Trinajstić information content (AvgIpc) is 2.49. The summed E-state index contributed by atoms with van der Waals surface area (Å²) in [5, 5.41) is 10.9. The van der Waals surface area contributed by atoms with E-state index in [0.717, 1.165) is 11.6 Å². The molecule has 2 aromatic rings. The molecule has 0 aliphatic rings. The first-order valence-corrected chi connectivity index (χ1v) is 7.86. The Labute approximate surface area is 126 Å². The smallest absolute Gasteiger partial charge is 0.258 e. The molecule has 8 heteroatoms. The van der Waals surface area contributed by atoms with Gasteiger partial charge >= 0.3 is 0 Å². The molecule has 0 spiro atoms. The monoisotopic (exact) mass is 324 g/mol. The molecule has 6 nitrogen and oxygen atoms in total. The third-order valence-corrected chi connectivity index (χ3v) is 4.48. The van der Waals surface area contributed by atoms with Crippen LogP contribution >= 0.6 is 0 Å². The molecule has 0 unspecified atom stereocenters. The molecule has 0 aromatic heterocycles. The van der Waals surface area contributed by atoms with Crippen molar-refractivity contribution in [3.63, 3.8) is 0 Å². The summed E-state index contributed by atoms with van der Waals surface area (Å²) in [6.07, 6.45) is 0.347. The van der Waals surface area contributed by atoms with Crippen molar-refractivity contribution in [1.82, 2.24) is 4.72 Å². The minimum atomic E-state index is -3.98. The van der Waals surface area contributed by atoms with Crippen LogP contribution in [0.15, 0.2) is 53.4 Å². The van der Waals surface area contributed by atoms with Crippen LogP contribution in [0, 0.1) is 15.9 Å². The molecule has 1 N–H and O–H groups in total. The van der Waals surface area contributed by atoms with Crippen LogP contribution in [0.5, 0.6) is 0 Å². The van der Waals surface area contributed by atoms with Gasteiger partial charge in [-0.05, 0) is 30.2 Å². The third-order valence-electron chi connectivity index (χ3n) is 2.97. The lowest BCUT2D eigenvalue weighted by atomic mass is 10.1. The van der Waals surface area contributed by atoms with Gasteiger partial charge in [0.05, 0.1) is 4.92 Å². The van der Waals surface area contributed by atoms with Gasteiger partial charge in [0.15, 0.2) is 4.90 Å². The fraction of sp³-hybridized carbons (Fsp3) is 0.143. The van der Waals surface area contributed by atoms with Crippen molar-refractivity contribution in [3.8, 4) is 0 Å². The maximum atomic E-state index is 12.8. The molecule has 0 saturated carbocycles. The van der Waals surface area contributed by atoms with E-state index >= 15 is 0 Å². The van der Waals surface area contributed by atoms with E-state index in [1.807, 2.05) is 0 Å². The summed E-state index contributed by atoms with van der Waals surface area (Å²) in [5.74, 6) is -0.371. The van der Waals surface area contributed by atoms with Crippen LogP contribution in [-0.2, 0) is 16.4 Å². The number of halogens is 1. The van der Waals surface area contributed by atoms with Crippen molar-refractivity contribution in [1.29, 1.82) is 0 Å². The Morgan fingerprint density at radius 3 is 2.36 bits per heavy atom. The molecule has 0 radical (unpaired) electrons. The van der Waals surface area contributed by atoms with Crippen molar-refractivity contribution in [2.45, 2.75) is 11.3 Å². The van der Waals surface area contributed by atoms with Gasteiger partial charge in [0.1, 0.15) is 5.82 Å². The van der Waals surface area contributed by atoms with Crippen LogP contribution in [0.3, 0.4) is 0 Å². The molecule has 0 atom stereocenters. The van der Waals surface area contributed by atoms with E-state index in [1.165, 1.54) is 30.3 Å². The fourth-order valence-electron chi connectivity index (χ4n) is 1.89. The van der Waals surface area contributed by atoms with Crippen LogP contribution in [0.4, 0.5) is 10.1 Å². The van der Waals surface area contributed by atoms with Gasteiger partial charge in [0.2, 0.25) is 10.0 Å². The Kier molecular flexibility index (Phi) is 4.84. The molecular weight excluding hydrogens is 311 g/mol. The Morgan fingerprint density at radius 1 is 1.09 bits per heavy atom. The Hall–Kier alpha value is -2.32. The molecule has 0 heterocycles. The van der Waals surface area contributed by atoms with Gasteiger partial charge in [-0.15, -0.1) is 0 Å². The Balaban J connectivity index is 2.09. The fourth-order valence-corrected chi connectivity index (χ4v) is 3.10. The zero-order valence-corrected chi connectivity index (χ0v) is 12.2. The van der Waals surface area contributed by atoms with Crippen LogP contribution < -0.4 is 4.72 Å². The highest BCUT2D eigenvalue weighted by Gasteiger charge is 2.24. The Bertz CT molecular complexity index is 776. The molecule has 0 bridgehead atoms. The summed E-state index contributed by atoms with van der Waals surface area (Å²) in [6.45, 7) is 0.0556. The van der Waals surface area contributed by atoms with Gasteiger partial charge < -0.3 is 0 Å². The average molecular weight is 324 g/mol. The van der Waals surface area contributed by atoms with E-state index in [4.69, 9.17) is 0 Å². The number of nitrogens with one attached hydrogen (secondary N) is 1. The lowest BCUT2D eigenvalue weighted by Crippen LogP contribution is -2.26. The van der Waals surface area contributed by atoms with Crippen molar-refractivity contribution >= 4 is 15.7 Å². The highest BCUT2D eigenvalue weighted by Crippen LogP contribution is 2.22. The zero-order chi connectivity index (χ0) is 16.2. The maximum Gasteiger partial charge on any atom is 0.289 e. The lowest BCUT2D eigenvalue weighted by Gasteiger charge is -2.07. The molecule has 22 heavy (non-hydrogen) atoms. The number of hydrogen-bond donors (Lipinski definition) is 1. The summed E-state index contributed by atoms with van der Waals surface area (Å²) in [4.78, 5) is 9.76. The number of nitro benzene ring substituents is 1. The highest BCUT2D eigenvalue weighted by atomic mass is 32.2. The molecular formula is C14H13FN2O4S. The number of rotatable bonds is 6. The van der Waals surface area contributed by atoms with Crippen molar-refractivity contribution in [2.24, 2.45) is 0 Å². The van der Waals surface area contributed by atoms with Gasteiger partial charge in [0, 0.05) is 12.6 Å². The summed E-state index contributed by atoms with van der Waals surface area (Å²) in [5.41, 5.74) is 0.281. The number of benzene rings is 2. The quantitative estimate of drug-likeness (QED) is 0.652. The molecule has 0 saturated heterocycles. The summed E-state index contributed by atoms with van der Waals surface area (Å²) in [6, 6.07) is 10.8. The van der Waals surface area contributed by atoms with Gasteiger partial charge in [-0.1, -0.05) is 24.3 Å². The second-order valence-corrected chi connectivity index (χ2v) is 6.23. The largest absolute Gasteiger partial charge is 0.289 e. The first-order valence-electron chi connectivity index (χ1n) is 6.38. The molecule has 2 aromatic carbocycles. The second-order valence-electron chi connectivity index (χ2n) is 4.50. The van der Waals surface area contributed by atoms with Gasteiger partial charge in [-0.3, -0.25) is 10.1 Å². The van der Waals surface area contributed by atoms with Crippen LogP contribution in [-0.4, -0.2) is 19.9 Å². The van der Waals surface area contributed by atoms with Gasteiger partial charge in [-0.25, -0.2) is 17.5 Å². The Morgan fingerprint density at radius 2 is 1.73 bits per heavy atom.